The smallest absolute Gasteiger partial charge is 0.336 e. The van der Waals surface area contributed by atoms with Gasteiger partial charge in [0.2, 0.25) is 0 Å². The summed E-state index contributed by atoms with van der Waals surface area (Å²) >= 11 is 11.3. The molecule has 0 unspecified atom stereocenters. The fraction of sp³-hybridized carbons (Fsp3) is 0.302. The van der Waals surface area contributed by atoms with Gasteiger partial charge in [0.25, 0.3) is 5.56 Å². The van der Waals surface area contributed by atoms with Crippen LogP contribution < -0.4 is 76.5 Å². The minimum Gasteiger partial charge on any atom is -0.486 e. The van der Waals surface area contributed by atoms with E-state index in [2.05, 4.69) is 59.1 Å². The number of fused-ring (bicyclic) bond motifs is 8. The van der Waals surface area contributed by atoms with Crippen molar-refractivity contribution >= 4 is 126 Å². The van der Waals surface area contributed by atoms with Crippen LogP contribution in [-0.4, -0.2) is 113 Å². The lowest BCUT2D eigenvalue weighted by Gasteiger charge is -2.33. The van der Waals surface area contributed by atoms with E-state index >= 15 is 0 Å². The molecule has 7 aliphatic rings. The fourth-order valence-corrected chi connectivity index (χ4v) is 21.7. The zero-order chi connectivity index (χ0) is 61.6. The van der Waals surface area contributed by atoms with Crippen LogP contribution in [0, 0.1) is 6.57 Å². The monoisotopic (exact) mass is 1380 g/mol. The van der Waals surface area contributed by atoms with Gasteiger partial charge in [0.05, 0.1) is 81.0 Å². The van der Waals surface area contributed by atoms with E-state index in [1.54, 1.807) is 34.4 Å². The summed E-state index contributed by atoms with van der Waals surface area (Å²) in [5, 5.41) is 19.5. The van der Waals surface area contributed by atoms with Gasteiger partial charge >= 0.3 is 17.6 Å². The molecule has 0 spiro atoms. The van der Waals surface area contributed by atoms with Gasteiger partial charge in [0.15, 0.2) is 69.0 Å². The average Bonchev–Trinajstić information content (AvgIpc) is 1.62. The van der Waals surface area contributed by atoms with E-state index in [1.165, 1.54) is 91.9 Å². The van der Waals surface area contributed by atoms with Crippen molar-refractivity contribution in [2.45, 2.75) is 48.9 Å². The van der Waals surface area contributed by atoms with Crippen molar-refractivity contribution in [1.29, 1.82) is 0 Å². The number of unbranched alkanes of at least 4 members (excludes halogenated alkanes) is 3. The number of carboxylic acids is 2. The summed E-state index contributed by atoms with van der Waals surface area (Å²) < 4.78 is 78.8. The molecule has 0 saturated heterocycles. The summed E-state index contributed by atoms with van der Waals surface area (Å²) in [4.78, 5) is 54.8. The predicted octanol–water partition coefficient (Wildman–Crippen LogP) is 13.1. The van der Waals surface area contributed by atoms with E-state index in [0.717, 1.165) is 62.1 Å². The highest BCUT2D eigenvalue weighted by molar-refractivity contribution is 7.99. The highest BCUT2D eigenvalue weighted by atomic mass is 32.2. The molecule has 91 heavy (non-hydrogen) atoms. The first kappa shape index (κ1) is 58.1. The van der Waals surface area contributed by atoms with Gasteiger partial charge in [-0.1, -0.05) is 56.1 Å². The van der Waals surface area contributed by atoms with Crippen LogP contribution in [0.2, 0.25) is 0 Å². The summed E-state index contributed by atoms with van der Waals surface area (Å²) in [7, 11) is 0. The van der Waals surface area contributed by atoms with Gasteiger partial charge in [-0.05, 0) is 42.3 Å². The molecule has 7 aromatic heterocycles. The second-order valence-corrected chi connectivity index (χ2v) is 29.4. The van der Waals surface area contributed by atoms with Gasteiger partial charge in [0.1, 0.15) is 90.5 Å². The number of nitrogens with zero attached hydrogens (tertiary/aromatic N) is 3. The minimum atomic E-state index is -1.59. The second kappa shape index (κ2) is 23.9. The highest BCUT2D eigenvalue weighted by Crippen LogP contribution is 2.69. The summed E-state index contributed by atoms with van der Waals surface area (Å²) in [5.74, 6) is 3.53. The van der Waals surface area contributed by atoms with Gasteiger partial charge in [-0.15, -0.1) is 79.4 Å². The number of thiazole rings is 1. The molecule has 0 atom stereocenters. The van der Waals surface area contributed by atoms with Crippen LogP contribution in [0.15, 0.2) is 57.1 Å². The zero-order valence-corrected chi connectivity index (χ0v) is 54.5. The van der Waals surface area contributed by atoms with Gasteiger partial charge in [-0.25, -0.2) is 4.85 Å². The lowest BCUT2D eigenvalue weighted by Crippen LogP contribution is -2.35. The van der Waals surface area contributed by atoms with Gasteiger partial charge in [-0.2, -0.15) is 0 Å². The lowest BCUT2D eigenvalue weighted by molar-refractivity contribution is -0.138. The van der Waals surface area contributed by atoms with Crippen LogP contribution >= 0.6 is 91.1 Å². The van der Waals surface area contributed by atoms with Crippen LogP contribution in [0.4, 0.5) is 11.4 Å². The Labute approximate surface area is 549 Å². The first-order chi connectivity index (χ1) is 44.6. The third-order valence-corrected chi connectivity index (χ3v) is 25.5. The molecule has 0 saturated carbocycles. The number of para-hydroxylation sites is 1. The summed E-state index contributed by atoms with van der Waals surface area (Å²) in [6.45, 7) is 13.5. The van der Waals surface area contributed by atoms with E-state index < -0.39 is 29.7 Å². The highest BCUT2D eigenvalue weighted by Gasteiger charge is 2.41. The normalized spacial score (nSPS) is 16.0. The molecule has 20 nitrogen and oxygen atoms in total. The molecule has 466 valence electrons. The van der Waals surface area contributed by atoms with Crippen molar-refractivity contribution in [3.63, 3.8) is 0 Å². The Kier molecular flexibility index (Phi) is 15.3. The van der Waals surface area contributed by atoms with Crippen LogP contribution in [0.1, 0.15) is 37.5 Å². The van der Waals surface area contributed by atoms with Crippen LogP contribution in [0.3, 0.4) is 0 Å². The molecule has 0 bridgehead atoms. The number of ether oxygens (including phenoxy) is 12. The molecule has 2 N–H and O–H groups in total. The number of carbonyl (C=O) groups is 2. The molecular formula is C63H49N3O17S8. The number of anilines is 2. The largest absolute Gasteiger partial charge is 0.486 e. The summed E-state index contributed by atoms with van der Waals surface area (Å²) in [6.07, 6.45) is 6.20. The van der Waals surface area contributed by atoms with Crippen LogP contribution in [-0.2, 0) is 16.1 Å². The molecule has 7 aliphatic heterocycles. The number of carboxylic acid groups (broad SMARTS) is 2. The molecular weight excluding hydrogens is 1330 g/mol. The first-order valence-electron chi connectivity index (χ1n) is 29.2. The Bertz CT molecular complexity index is 4720. The standard InChI is InChI=1S/C63H49N3O17S8/c1-3-4-5-8-13-65-30-9-6-7-10-32(30)84-33-26-29(11-12-31(33)65)50-40-41(75-17-16-74-40)53(87-50)54-44-45(79-21-20-78-44)57(89-54)58-48-49(83-25-24-82-48)60(91-58)59-47-46(80-22-23-81-47)56(90-59)55-43-42(76-18-19-77-43)52(88-55)51-39-38(72-14-15-73-39)34(85-51)27-35-61(69)66(28-36(67)68)62(86-35)37(64-2)63(70)71/h6-7,9-12,26-27H,3-5,8,13-25,28H2,1H3,(H,67,68)(H,70,71)/b35-27?,62-37-. The van der Waals surface area contributed by atoms with Crippen molar-refractivity contribution in [2.75, 3.05) is 90.7 Å². The number of aromatic nitrogens is 1. The second-order valence-electron chi connectivity index (χ2n) is 21.2. The molecule has 0 fully saturated rings. The molecule has 16 rings (SSSR count). The maximum Gasteiger partial charge on any atom is 0.336 e. The van der Waals surface area contributed by atoms with Gasteiger partial charge in [-0.3, -0.25) is 19.0 Å². The van der Waals surface area contributed by atoms with Crippen LogP contribution in [0.25, 0.3) is 75.8 Å². The van der Waals surface area contributed by atoms with Crippen molar-refractivity contribution in [1.82, 2.24) is 4.57 Å². The molecule has 14 heterocycles. The number of hydrogen-bond acceptors (Lipinski definition) is 24. The van der Waals surface area contributed by atoms with E-state index in [9.17, 15) is 24.6 Å². The van der Waals surface area contributed by atoms with E-state index in [1.807, 2.05) is 0 Å². The lowest BCUT2D eigenvalue weighted by atomic mass is 10.1. The Morgan fingerprint density at radius 3 is 1.35 bits per heavy atom. The van der Waals surface area contributed by atoms with Crippen molar-refractivity contribution in [3.05, 3.63) is 78.3 Å². The van der Waals surface area contributed by atoms with Crippen LogP contribution in [0.5, 0.6) is 69.0 Å². The van der Waals surface area contributed by atoms with E-state index in [0.29, 0.717) is 146 Å². The molecule has 0 radical (unpaired) electrons. The SMILES string of the molecule is [C-]#[N+]/C(C(=O)O)=c1\sc(=Cc2sc(-c3sc(-c4sc(-c5sc(-c6sc(-c7sc(-c8ccc9c(c8)Sc8ccccc8N9CCCCCC)c8c7OCCO8)c7c6OCCO7)c6c5OCCO6)c5c4OCCO5)c4c3OCCO4)c3c2OCCO3)c(=O)n1CC(=O)O. The maximum absolute atomic E-state index is 13.8. The Morgan fingerprint density at radius 2 is 0.912 bits per heavy atom. The number of thiophene rings is 6. The molecule has 0 aliphatic carbocycles. The third kappa shape index (κ3) is 9.92. The maximum atomic E-state index is 13.8. The summed E-state index contributed by atoms with van der Waals surface area (Å²) in [6, 6.07) is 15.4. The Morgan fingerprint density at radius 1 is 0.505 bits per heavy atom. The Balaban J connectivity index is 0.789. The number of aliphatic carboxylic acids is 2. The minimum absolute atomic E-state index is 0.00671. The number of rotatable bonds is 15. The van der Waals surface area contributed by atoms with E-state index in [-0.39, 0.29) is 42.2 Å². The third-order valence-electron chi connectivity index (χ3n) is 15.6. The topological polar surface area (TPSA) is 215 Å². The number of hydrogen-bond donors (Lipinski definition) is 2. The zero-order valence-electron chi connectivity index (χ0n) is 48.0. The predicted molar refractivity (Wildman–Crippen MR) is 351 cm³/mol. The van der Waals surface area contributed by atoms with Gasteiger partial charge in [0, 0.05) is 16.3 Å². The molecule has 28 heteroatoms. The first-order valence-corrected chi connectivity index (χ1v) is 35.7. The van der Waals surface area contributed by atoms with Crippen molar-refractivity contribution in [3.8, 4) is 128 Å². The molecule has 2 aromatic carbocycles. The quantitative estimate of drug-likeness (QED) is 0.0721. The Hall–Kier alpha value is -8.01. The number of benzene rings is 2. The fourth-order valence-electron chi connectivity index (χ4n) is 11.7. The van der Waals surface area contributed by atoms with Crippen molar-refractivity contribution < 1.29 is 76.6 Å². The molecule has 9 aromatic rings. The molecule has 0 amide bonds. The van der Waals surface area contributed by atoms with E-state index in [4.69, 9.17) is 63.4 Å². The van der Waals surface area contributed by atoms with Crippen molar-refractivity contribution in [2.24, 2.45) is 0 Å². The average molecular weight is 1380 g/mol. The van der Waals surface area contributed by atoms with Gasteiger partial charge < -0.3 is 72.0 Å². The summed E-state index contributed by atoms with van der Waals surface area (Å²) in [5.41, 5.74) is 1.93.